The lowest BCUT2D eigenvalue weighted by Gasteiger charge is -2.04. The Bertz CT molecular complexity index is 772. The normalized spacial score (nSPS) is 10.3. The first-order valence-electron chi connectivity index (χ1n) is 7.70. The van der Waals surface area contributed by atoms with Crippen LogP contribution in [-0.4, -0.2) is 30.8 Å². The number of ketones is 1. The van der Waals surface area contributed by atoms with Gasteiger partial charge in [-0.25, -0.2) is 4.39 Å². The third kappa shape index (κ3) is 6.46. The van der Waals surface area contributed by atoms with Crippen LogP contribution in [0.5, 0.6) is 0 Å². The van der Waals surface area contributed by atoms with Crippen molar-refractivity contribution in [2.75, 3.05) is 13.2 Å². The molecule has 0 unspecified atom stereocenters. The van der Waals surface area contributed by atoms with Crippen molar-refractivity contribution >= 4 is 29.0 Å². The maximum atomic E-state index is 13.1. The summed E-state index contributed by atoms with van der Waals surface area (Å²) in [4.78, 5) is 36.1. The maximum Gasteiger partial charge on any atom is 0.310 e. The molecule has 2 aromatic rings. The Morgan fingerprint density at radius 1 is 1.20 bits per heavy atom. The summed E-state index contributed by atoms with van der Waals surface area (Å²) in [5.74, 6) is -1.39. The van der Waals surface area contributed by atoms with Crippen molar-refractivity contribution < 1.29 is 23.5 Å². The highest BCUT2D eigenvalue weighted by Gasteiger charge is 2.13. The molecule has 1 amide bonds. The van der Waals surface area contributed by atoms with Gasteiger partial charge in [0.2, 0.25) is 11.7 Å². The fraction of sp³-hybridized carbons (Fsp3) is 0.278. The van der Waals surface area contributed by atoms with Gasteiger partial charge >= 0.3 is 5.97 Å². The van der Waals surface area contributed by atoms with E-state index in [1.807, 2.05) is 6.07 Å². The van der Waals surface area contributed by atoms with Gasteiger partial charge in [0, 0.05) is 18.3 Å². The molecular formula is C18H18FNO4S. The third-order valence-electron chi connectivity index (χ3n) is 3.28. The van der Waals surface area contributed by atoms with E-state index in [1.54, 1.807) is 12.1 Å². The lowest BCUT2D eigenvalue weighted by Crippen LogP contribution is -2.22. The van der Waals surface area contributed by atoms with Crippen LogP contribution in [0, 0.1) is 5.82 Å². The highest BCUT2D eigenvalue weighted by atomic mass is 32.1. The van der Waals surface area contributed by atoms with Gasteiger partial charge in [-0.2, -0.15) is 0 Å². The second-order valence-electron chi connectivity index (χ2n) is 5.39. The molecule has 0 radical (unpaired) electrons. The summed E-state index contributed by atoms with van der Waals surface area (Å²) in [5, 5.41) is 2.69. The van der Waals surface area contributed by atoms with E-state index in [2.05, 4.69) is 5.32 Å². The minimum absolute atomic E-state index is 0.0859. The number of carbonyl (C=O) groups excluding carboxylic acids is 3. The third-order valence-corrected chi connectivity index (χ3v) is 4.47. The van der Waals surface area contributed by atoms with E-state index in [4.69, 9.17) is 4.74 Å². The van der Waals surface area contributed by atoms with E-state index >= 15 is 0 Å². The molecule has 1 aromatic carbocycles. The molecule has 0 saturated heterocycles. The van der Waals surface area contributed by atoms with Crippen LogP contribution in [0.4, 0.5) is 4.39 Å². The van der Waals surface area contributed by atoms with Gasteiger partial charge < -0.3 is 10.1 Å². The monoisotopic (exact) mass is 363 g/mol. The molecule has 0 bridgehead atoms. The van der Waals surface area contributed by atoms with E-state index in [0.717, 1.165) is 4.88 Å². The number of carbonyl (C=O) groups is 3. The number of hydrogen-bond acceptors (Lipinski definition) is 5. The van der Waals surface area contributed by atoms with Gasteiger partial charge in [-0.15, -0.1) is 11.3 Å². The van der Waals surface area contributed by atoms with Gasteiger partial charge in [0.1, 0.15) is 5.82 Å². The molecule has 25 heavy (non-hydrogen) atoms. The molecule has 0 saturated carbocycles. The van der Waals surface area contributed by atoms with Crippen LogP contribution >= 0.6 is 11.3 Å². The molecule has 7 heteroatoms. The number of thiophene rings is 1. The Labute approximate surface area is 148 Å². The summed E-state index contributed by atoms with van der Waals surface area (Å²) >= 11 is 1.31. The van der Waals surface area contributed by atoms with Gasteiger partial charge in [-0.3, -0.25) is 14.4 Å². The number of amides is 1. The molecule has 0 aliphatic carbocycles. The molecule has 0 fully saturated rings. The molecule has 2 rings (SSSR count). The first-order valence-corrected chi connectivity index (χ1v) is 8.52. The second kappa shape index (κ2) is 9.08. The summed E-state index contributed by atoms with van der Waals surface area (Å²) < 4.78 is 18.0. The van der Waals surface area contributed by atoms with Crippen LogP contribution in [0.15, 0.2) is 36.4 Å². The van der Waals surface area contributed by atoms with Crippen LogP contribution in [0.1, 0.15) is 27.0 Å². The van der Waals surface area contributed by atoms with Crippen molar-refractivity contribution in [3.05, 3.63) is 57.5 Å². The topological polar surface area (TPSA) is 72.5 Å². The van der Waals surface area contributed by atoms with Crippen molar-refractivity contribution in [1.29, 1.82) is 0 Å². The lowest BCUT2D eigenvalue weighted by atomic mass is 10.1. The molecular weight excluding hydrogens is 345 g/mol. The quantitative estimate of drug-likeness (QED) is 0.578. The molecule has 0 atom stereocenters. The standard InChI is InChI=1S/C18H18FNO4S/c1-12(21)20-8-7-15-5-6-17(25-15)16(22)11-24-18(23)10-13-3-2-4-14(19)9-13/h2-6,9H,7-8,10-11H2,1H3,(H,20,21). The zero-order valence-electron chi connectivity index (χ0n) is 13.7. The van der Waals surface area contributed by atoms with Gasteiger partial charge in [0.05, 0.1) is 11.3 Å². The number of nitrogens with one attached hydrogen (secondary N) is 1. The zero-order valence-corrected chi connectivity index (χ0v) is 14.5. The maximum absolute atomic E-state index is 13.1. The molecule has 1 aromatic heterocycles. The SMILES string of the molecule is CC(=O)NCCc1ccc(C(=O)COC(=O)Cc2cccc(F)c2)s1. The fourth-order valence-corrected chi connectivity index (χ4v) is 3.04. The van der Waals surface area contributed by atoms with Crippen molar-refractivity contribution in [1.82, 2.24) is 5.32 Å². The highest BCUT2D eigenvalue weighted by molar-refractivity contribution is 7.14. The van der Waals surface area contributed by atoms with E-state index in [1.165, 1.54) is 36.5 Å². The predicted molar refractivity (Wildman–Crippen MR) is 92.1 cm³/mol. The van der Waals surface area contributed by atoms with Gasteiger partial charge in [-0.05, 0) is 36.2 Å². The van der Waals surface area contributed by atoms with Gasteiger partial charge in [0.15, 0.2) is 6.61 Å². The summed E-state index contributed by atoms with van der Waals surface area (Å²) in [6.45, 7) is 1.60. The molecule has 5 nitrogen and oxygen atoms in total. The molecule has 132 valence electrons. The van der Waals surface area contributed by atoms with Crippen molar-refractivity contribution in [3.63, 3.8) is 0 Å². The zero-order chi connectivity index (χ0) is 18.2. The van der Waals surface area contributed by atoms with E-state index in [9.17, 15) is 18.8 Å². The Hall–Kier alpha value is -2.54. The van der Waals surface area contributed by atoms with Crippen LogP contribution in [0.2, 0.25) is 0 Å². The summed E-state index contributed by atoms with van der Waals surface area (Å²) in [6, 6.07) is 9.16. The Morgan fingerprint density at radius 3 is 2.72 bits per heavy atom. The van der Waals surface area contributed by atoms with E-state index in [0.29, 0.717) is 23.4 Å². The minimum atomic E-state index is -0.582. The minimum Gasteiger partial charge on any atom is -0.457 e. The van der Waals surface area contributed by atoms with Crippen LogP contribution in [0.25, 0.3) is 0 Å². The van der Waals surface area contributed by atoms with E-state index in [-0.39, 0.29) is 24.7 Å². The second-order valence-corrected chi connectivity index (χ2v) is 6.56. The van der Waals surface area contributed by atoms with Gasteiger partial charge in [0.25, 0.3) is 0 Å². The van der Waals surface area contributed by atoms with Crippen LogP contribution < -0.4 is 5.32 Å². The smallest absolute Gasteiger partial charge is 0.310 e. The van der Waals surface area contributed by atoms with Crippen molar-refractivity contribution in [2.24, 2.45) is 0 Å². The largest absolute Gasteiger partial charge is 0.457 e. The van der Waals surface area contributed by atoms with Crippen molar-refractivity contribution in [2.45, 2.75) is 19.8 Å². The summed E-state index contributed by atoms with van der Waals surface area (Å²) in [5.41, 5.74) is 0.494. The number of ether oxygens (including phenoxy) is 1. The molecule has 0 spiro atoms. The average Bonchev–Trinajstić information content (AvgIpc) is 3.01. The van der Waals surface area contributed by atoms with Crippen molar-refractivity contribution in [3.8, 4) is 0 Å². The Morgan fingerprint density at radius 2 is 2.00 bits per heavy atom. The summed E-state index contributed by atoms with van der Waals surface area (Å²) in [6.07, 6.45) is 0.550. The molecule has 1 N–H and O–H groups in total. The molecule has 0 aliphatic rings. The number of hydrogen-bond donors (Lipinski definition) is 1. The number of Topliss-reactive ketones (excluding diaryl/α,β-unsaturated/α-hetero) is 1. The molecule has 0 aliphatic heterocycles. The average molecular weight is 363 g/mol. The van der Waals surface area contributed by atoms with Gasteiger partial charge in [-0.1, -0.05) is 12.1 Å². The Balaban J connectivity index is 1.78. The highest BCUT2D eigenvalue weighted by Crippen LogP contribution is 2.17. The fourth-order valence-electron chi connectivity index (χ4n) is 2.11. The Kier molecular flexibility index (Phi) is 6.82. The number of esters is 1. The van der Waals surface area contributed by atoms with E-state index < -0.39 is 11.8 Å². The number of halogens is 1. The lowest BCUT2D eigenvalue weighted by molar-refractivity contribution is -0.141. The first-order chi connectivity index (χ1) is 11.9. The predicted octanol–water partition coefficient (Wildman–Crippen LogP) is 2.53. The number of benzene rings is 1. The number of rotatable bonds is 8. The van der Waals surface area contributed by atoms with Crippen LogP contribution in [-0.2, 0) is 27.2 Å². The first kappa shape index (κ1) is 18.8. The van der Waals surface area contributed by atoms with Crippen LogP contribution in [0.3, 0.4) is 0 Å². The summed E-state index contributed by atoms with van der Waals surface area (Å²) in [7, 11) is 0. The molecule has 1 heterocycles.